The number of hydrogen-bond donors (Lipinski definition) is 3. The van der Waals surface area contributed by atoms with Crippen LogP contribution in [0.2, 0.25) is 0 Å². The van der Waals surface area contributed by atoms with Crippen molar-refractivity contribution in [3.63, 3.8) is 0 Å². The third kappa shape index (κ3) is 11.2. The highest BCUT2D eigenvalue weighted by molar-refractivity contribution is 14.0. The molecule has 1 aromatic heterocycles. The molecule has 0 aliphatic rings. The molecule has 0 bridgehead atoms. The SMILES string of the molecule is CCNC(=NCCNC(=O)c1ccco1)NC(C)CCCN(CC)CC.I. The predicted octanol–water partition coefficient (Wildman–Crippen LogP) is 2.69. The first-order valence-electron chi connectivity index (χ1n) is 9.69. The molecule has 0 fully saturated rings. The first-order valence-corrected chi connectivity index (χ1v) is 9.69. The largest absolute Gasteiger partial charge is 0.459 e. The summed E-state index contributed by atoms with van der Waals surface area (Å²) < 4.78 is 5.06. The van der Waals surface area contributed by atoms with E-state index < -0.39 is 0 Å². The lowest BCUT2D eigenvalue weighted by molar-refractivity contribution is 0.0927. The highest BCUT2D eigenvalue weighted by Gasteiger charge is 2.08. The molecule has 1 heterocycles. The van der Waals surface area contributed by atoms with Gasteiger partial charge in [-0.25, -0.2) is 0 Å². The first-order chi connectivity index (χ1) is 12.6. The average molecular weight is 493 g/mol. The van der Waals surface area contributed by atoms with Crippen molar-refractivity contribution in [1.29, 1.82) is 0 Å². The summed E-state index contributed by atoms with van der Waals surface area (Å²) >= 11 is 0. The zero-order valence-electron chi connectivity index (χ0n) is 17.1. The number of carbonyl (C=O) groups excluding carboxylic acids is 1. The van der Waals surface area contributed by atoms with Crippen molar-refractivity contribution in [1.82, 2.24) is 20.9 Å². The van der Waals surface area contributed by atoms with Crippen LogP contribution in [0.25, 0.3) is 0 Å². The smallest absolute Gasteiger partial charge is 0.287 e. The molecule has 0 radical (unpaired) electrons. The summed E-state index contributed by atoms with van der Waals surface area (Å²) in [7, 11) is 0. The Balaban J connectivity index is 0.00000676. The van der Waals surface area contributed by atoms with Crippen molar-refractivity contribution in [2.24, 2.45) is 4.99 Å². The zero-order valence-corrected chi connectivity index (χ0v) is 19.4. The lowest BCUT2D eigenvalue weighted by atomic mass is 10.2. The molecule has 0 aliphatic carbocycles. The van der Waals surface area contributed by atoms with Crippen molar-refractivity contribution >= 4 is 35.8 Å². The average Bonchev–Trinajstić information content (AvgIpc) is 3.17. The van der Waals surface area contributed by atoms with Crippen LogP contribution in [0.1, 0.15) is 51.1 Å². The highest BCUT2D eigenvalue weighted by Crippen LogP contribution is 2.00. The third-order valence-electron chi connectivity index (χ3n) is 4.15. The maximum atomic E-state index is 11.8. The molecule has 1 amide bonds. The van der Waals surface area contributed by atoms with E-state index in [1.54, 1.807) is 12.1 Å². The molecule has 1 atom stereocenters. The van der Waals surface area contributed by atoms with E-state index in [-0.39, 0.29) is 29.9 Å². The monoisotopic (exact) mass is 493 g/mol. The van der Waals surface area contributed by atoms with Crippen molar-refractivity contribution in [2.75, 3.05) is 39.3 Å². The number of nitrogens with one attached hydrogen (secondary N) is 3. The van der Waals surface area contributed by atoms with Crippen LogP contribution in [0.4, 0.5) is 0 Å². The van der Waals surface area contributed by atoms with E-state index in [1.807, 2.05) is 6.92 Å². The van der Waals surface area contributed by atoms with Crippen LogP contribution < -0.4 is 16.0 Å². The third-order valence-corrected chi connectivity index (χ3v) is 4.15. The lowest BCUT2D eigenvalue weighted by Crippen LogP contribution is -2.43. The van der Waals surface area contributed by atoms with Crippen molar-refractivity contribution < 1.29 is 9.21 Å². The van der Waals surface area contributed by atoms with Crippen LogP contribution in [-0.4, -0.2) is 62.1 Å². The number of furan rings is 1. The Labute approximate surface area is 180 Å². The Morgan fingerprint density at radius 2 is 2.00 bits per heavy atom. The van der Waals surface area contributed by atoms with Crippen molar-refractivity contribution in [3.05, 3.63) is 24.2 Å². The number of rotatable bonds is 12. The summed E-state index contributed by atoms with van der Waals surface area (Å²) in [4.78, 5) is 18.7. The molecule has 0 saturated heterocycles. The Bertz CT molecular complexity index is 518. The number of hydrogen-bond acceptors (Lipinski definition) is 4. The van der Waals surface area contributed by atoms with Crippen LogP contribution in [0.5, 0.6) is 0 Å². The van der Waals surface area contributed by atoms with Gasteiger partial charge in [0.25, 0.3) is 5.91 Å². The maximum Gasteiger partial charge on any atom is 0.287 e. The number of nitrogens with zero attached hydrogens (tertiary/aromatic N) is 2. The molecule has 27 heavy (non-hydrogen) atoms. The molecule has 1 rings (SSSR count). The normalized spacial score (nSPS) is 12.4. The summed E-state index contributed by atoms with van der Waals surface area (Å²) in [5, 5.41) is 9.48. The van der Waals surface area contributed by atoms with Crippen LogP contribution in [-0.2, 0) is 0 Å². The zero-order chi connectivity index (χ0) is 19.2. The number of carbonyl (C=O) groups is 1. The van der Waals surface area contributed by atoms with E-state index in [9.17, 15) is 4.79 Å². The second kappa shape index (κ2) is 15.7. The number of halogens is 1. The van der Waals surface area contributed by atoms with E-state index in [4.69, 9.17) is 4.42 Å². The van der Waals surface area contributed by atoms with Gasteiger partial charge in [0.15, 0.2) is 11.7 Å². The van der Waals surface area contributed by atoms with Gasteiger partial charge in [-0.2, -0.15) is 0 Å². The Hall–Kier alpha value is -1.29. The minimum Gasteiger partial charge on any atom is -0.459 e. The summed E-state index contributed by atoms with van der Waals surface area (Å²) in [5.74, 6) is 0.892. The lowest BCUT2D eigenvalue weighted by Gasteiger charge is -2.21. The summed E-state index contributed by atoms with van der Waals surface area (Å²) in [5.41, 5.74) is 0. The second-order valence-corrected chi connectivity index (χ2v) is 6.21. The number of amides is 1. The van der Waals surface area contributed by atoms with Gasteiger partial charge in [0.1, 0.15) is 0 Å². The van der Waals surface area contributed by atoms with Gasteiger partial charge in [-0.1, -0.05) is 13.8 Å². The minimum absolute atomic E-state index is 0. The van der Waals surface area contributed by atoms with Gasteiger partial charge in [-0.05, 0) is 58.5 Å². The van der Waals surface area contributed by atoms with Crippen molar-refractivity contribution in [2.45, 2.75) is 46.6 Å². The number of aliphatic imine (C=N–C) groups is 1. The Kier molecular flexibility index (Phi) is 15.0. The Morgan fingerprint density at radius 1 is 1.26 bits per heavy atom. The molecule has 0 spiro atoms. The van der Waals surface area contributed by atoms with Gasteiger partial charge in [0.05, 0.1) is 12.8 Å². The van der Waals surface area contributed by atoms with Gasteiger partial charge in [0, 0.05) is 19.1 Å². The molecule has 7 nitrogen and oxygen atoms in total. The van der Waals surface area contributed by atoms with E-state index >= 15 is 0 Å². The standard InChI is InChI=1S/C19H35N5O2.HI/c1-5-20-19(23-16(4)10-8-14-24(6-2)7-3)22-13-12-21-18(25)17-11-9-15-26-17;/h9,11,15-16H,5-8,10,12-14H2,1-4H3,(H,21,25)(H2,20,22,23);1H. The van der Waals surface area contributed by atoms with Crippen LogP contribution >= 0.6 is 24.0 Å². The summed E-state index contributed by atoms with van der Waals surface area (Å²) in [6.45, 7) is 13.7. The van der Waals surface area contributed by atoms with Crippen LogP contribution in [0.3, 0.4) is 0 Å². The molecular formula is C19H36IN5O2. The maximum absolute atomic E-state index is 11.8. The fraction of sp³-hybridized carbons (Fsp3) is 0.684. The van der Waals surface area contributed by atoms with Gasteiger partial charge >= 0.3 is 0 Å². The summed E-state index contributed by atoms with van der Waals surface area (Å²) in [6.07, 6.45) is 3.74. The van der Waals surface area contributed by atoms with Gasteiger partial charge < -0.3 is 25.3 Å². The van der Waals surface area contributed by atoms with E-state index in [1.165, 1.54) is 6.26 Å². The quantitative estimate of drug-likeness (QED) is 0.181. The van der Waals surface area contributed by atoms with Gasteiger partial charge in [-0.15, -0.1) is 24.0 Å². The van der Waals surface area contributed by atoms with Crippen LogP contribution in [0.15, 0.2) is 27.8 Å². The number of guanidine groups is 1. The fourth-order valence-electron chi connectivity index (χ4n) is 2.62. The van der Waals surface area contributed by atoms with E-state index in [0.717, 1.165) is 45.0 Å². The molecule has 156 valence electrons. The molecule has 1 aromatic rings. The van der Waals surface area contributed by atoms with E-state index in [2.05, 4.69) is 46.6 Å². The Morgan fingerprint density at radius 3 is 2.59 bits per heavy atom. The fourth-order valence-corrected chi connectivity index (χ4v) is 2.62. The van der Waals surface area contributed by atoms with E-state index in [0.29, 0.717) is 24.9 Å². The summed E-state index contributed by atoms with van der Waals surface area (Å²) in [6, 6.07) is 3.69. The molecule has 1 unspecified atom stereocenters. The first kappa shape index (κ1) is 25.7. The molecule has 0 saturated carbocycles. The minimum atomic E-state index is -0.215. The second-order valence-electron chi connectivity index (χ2n) is 6.21. The highest BCUT2D eigenvalue weighted by atomic mass is 127. The van der Waals surface area contributed by atoms with Gasteiger partial charge in [-0.3, -0.25) is 9.79 Å². The molecule has 0 aromatic carbocycles. The van der Waals surface area contributed by atoms with Crippen LogP contribution in [0, 0.1) is 0 Å². The molecular weight excluding hydrogens is 457 g/mol. The molecule has 3 N–H and O–H groups in total. The topological polar surface area (TPSA) is 81.9 Å². The van der Waals surface area contributed by atoms with Gasteiger partial charge in [0.2, 0.25) is 0 Å². The molecule has 0 aliphatic heterocycles. The predicted molar refractivity (Wildman–Crippen MR) is 122 cm³/mol. The van der Waals surface area contributed by atoms with Crippen molar-refractivity contribution in [3.8, 4) is 0 Å². The molecule has 8 heteroatoms.